The van der Waals surface area contributed by atoms with Crippen molar-refractivity contribution in [2.75, 3.05) is 0 Å². The van der Waals surface area contributed by atoms with Gasteiger partial charge in [0.2, 0.25) is 0 Å². The van der Waals surface area contributed by atoms with Gasteiger partial charge in [0.05, 0.1) is 28.4 Å². The van der Waals surface area contributed by atoms with E-state index in [1.807, 2.05) is 0 Å². The summed E-state index contributed by atoms with van der Waals surface area (Å²) in [7, 11) is -4.81. The van der Waals surface area contributed by atoms with E-state index in [0.717, 1.165) is 5.56 Å². The molecule has 1 saturated carbocycles. The van der Waals surface area contributed by atoms with Crippen molar-refractivity contribution in [1.82, 2.24) is 0 Å². The Hall–Kier alpha value is -0.772. The minimum atomic E-state index is -2.03. The van der Waals surface area contributed by atoms with Crippen LogP contribution in [0.3, 0.4) is 0 Å². The Morgan fingerprint density at radius 1 is 0.730 bits per heavy atom. The molecule has 2 nitrogen and oxygen atoms in total. The highest BCUT2D eigenvalue weighted by atomic mass is 29.9. The molecule has 37 heavy (non-hydrogen) atoms. The van der Waals surface area contributed by atoms with Crippen molar-refractivity contribution in [3.05, 3.63) is 71.8 Å². The number of benzene rings is 2. The molecule has 6 heteroatoms. The van der Waals surface area contributed by atoms with Gasteiger partial charge in [-0.1, -0.05) is 139 Å². The van der Waals surface area contributed by atoms with E-state index >= 15 is 0 Å². The first kappa shape index (κ1) is 30.8. The molecule has 0 amide bonds. The van der Waals surface area contributed by atoms with Gasteiger partial charge in [0.1, 0.15) is 0 Å². The van der Waals surface area contributed by atoms with E-state index in [1.54, 1.807) is 0 Å². The molecule has 0 aliphatic heterocycles. The summed E-state index contributed by atoms with van der Waals surface area (Å²) in [5, 5.41) is 12.6. The van der Waals surface area contributed by atoms with Gasteiger partial charge in [-0.15, -0.1) is 0 Å². The predicted molar refractivity (Wildman–Crippen MR) is 172 cm³/mol. The summed E-state index contributed by atoms with van der Waals surface area (Å²) in [5.41, 5.74) is 1.29. The van der Waals surface area contributed by atoms with Crippen molar-refractivity contribution in [1.29, 1.82) is 0 Å². The van der Waals surface area contributed by atoms with E-state index in [-0.39, 0.29) is 6.10 Å². The van der Waals surface area contributed by atoms with E-state index in [0.29, 0.717) is 18.8 Å². The lowest BCUT2D eigenvalue weighted by Crippen LogP contribution is -2.85. The van der Waals surface area contributed by atoms with Crippen LogP contribution in [0.1, 0.15) is 49.7 Å². The van der Waals surface area contributed by atoms with Crippen LogP contribution in [0.4, 0.5) is 0 Å². The van der Waals surface area contributed by atoms with Crippen molar-refractivity contribution >= 4 is 29.6 Å². The molecular formula is C31H54O2Si4. The van der Waals surface area contributed by atoms with E-state index < -0.39 is 35.2 Å². The molecule has 1 aliphatic carbocycles. The number of hydrogen-bond donors (Lipinski definition) is 1. The molecule has 0 bridgehead atoms. The number of aliphatic hydroxyl groups is 1. The summed E-state index contributed by atoms with van der Waals surface area (Å²) in [6.07, 6.45) is 7.89. The lowest BCUT2D eigenvalue weighted by molar-refractivity contribution is -0.0290. The van der Waals surface area contributed by atoms with Crippen molar-refractivity contribution < 1.29 is 9.53 Å². The van der Waals surface area contributed by atoms with Gasteiger partial charge >= 0.3 is 0 Å². The Bertz CT molecular complexity index is 934. The van der Waals surface area contributed by atoms with Crippen LogP contribution in [0.2, 0.25) is 58.9 Å². The predicted octanol–water partition coefficient (Wildman–Crippen LogP) is 8.67. The molecule has 0 aromatic heterocycles. The molecule has 1 N–H and O–H groups in total. The summed E-state index contributed by atoms with van der Waals surface area (Å²) < 4.78 is 7.99. The van der Waals surface area contributed by atoms with Crippen LogP contribution in [0, 0.1) is 5.92 Å². The second-order valence-corrected chi connectivity index (χ2v) is 54.2. The standard InChI is InChI=1S/C31H54O2Si4/c1-34(2,3)37(35(4,5)6,36(7,8)9)33-30(28-21-15-11-16-22-28)26-31(32,29-23-17-12-18-24-29)25-27-19-13-10-14-20-27/h10,12-14,17-20,23-24,28,30,32H,11,15-16,21-22,25-26H2,1-9H3/t30-,31-/m1/s1. The largest absolute Gasteiger partial charge is 0.423 e. The van der Waals surface area contributed by atoms with Crippen LogP contribution in [-0.4, -0.2) is 40.9 Å². The average Bonchev–Trinajstić information content (AvgIpc) is 2.81. The third-order valence-corrected chi connectivity index (χ3v) is 76.4. The van der Waals surface area contributed by atoms with Gasteiger partial charge in [-0.05, 0) is 29.9 Å². The quantitative estimate of drug-likeness (QED) is 0.274. The smallest absolute Gasteiger partial charge is 0.158 e. The molecule has 2 atom stereocenters. The highest BCUT2D eigenvalue weighted by Gasteiger charge is 2.65. The van der Waals surface area contributed by atoms with Gasteiger partial charge in [-0.2, -0.15) is 0 Å². The average molecular weight is 571 g/mol. The fourth-order valence-corrected chi connectivity index (χ4v) is 102. The minimum Gasteiger partial charge on any atom is -0.423 e. The van der Waals surface area contributed by atoms with Gasteiger partial charge in [-0.25, -0.2) is 0 Å². The first-order valence-corrected chi connectivity index (χ1v) is 30.0. The van der Waals surface area contributed by atoms with E-state index in [9.17, 15) is 5.11 Å². The van der Waals surface area contributed by atoms with Crippen molar-refractivity contribution in [3.8, 4) is 0 Å². The molecule has 0 unspecified atom stereocenters. The normalized spacial score (nSPS) is 18.9. The Balaban J connectivity index is 2.13. The SMILES string of the molecule is C[Si](C)(C)[Si](O[C@H](C[C@](O)(Cc1ccccc1)c1ccccc1)C1CCCCC1)([Si](C)(C)C)[Si](C)(C)C. The van der Waals surface area contributed by atoms with Crippen LogP contribution in [0.15, 0.2) is 60.7 Å². The van der Waals surface area contributed by atoms with Crippen LogP contribution in [0.5, 0.6) is 0 Å². The molecule has 0 saturated heterocycles. The van der Waals surface area contributed by atoms with Gasteiger partial charge in [0, 0.05) is 18.9 Å². The fraction of sp³-hybridized carbons (Fsp3) is 0.613. The van der Waals surface area contributed by atoms with Gasteiger partial charge in [-0.3, -0.25) is 0 Å². The summed E-state index contributed by atoms with van der Waals surface area (Å²) in [6.45, 7) is 21.5. The molecule has 1 fully saturated rings. The summed E-state index contributed by atoms with van der Waals surface area (Å²) in [5.74, 6) is 0.552. The second-order valence-electron chi connectivity index (χ2n) is 14.7. The van der Waals surface area contributed by atoms with E-state index in [2.05, 4.69) is 120 Å². The maximum Gasteiger partial charge on any atom is 0.158 e. The number of hydrogen-bond acceptors (Lipinski definition) is 2. The molecule has 3 rings (SSSR count). The first-order valence-electron chi connectivity index (χ1n) is 14.6. The molecule has 206 valence electrons. The van der Waals surface area contributed by atoms with Crippen LogP contribution in [-0.2, 0) is 16.4 Å². The van der Waals surface area contributed by atoms with Crippen molar-refractivity contribution in [3.63, 3.8) is 0 Å². The zero-order chi connectivity index (χ0) is 27.5. The molecule has 2 aromatic rings. The minimum absolute atomic E-state index is 0.131. The molecule has 2 aromatic carbocycles. The van der Waals surface area contributed by atoms with Gasteiger partial charge in [0.15, 0.2) is 6.87 Å². The number of rotatable bonds is 11. The Kier molecular flexibility index (Phi) is 9.78. The Morgan fingerprint density at radius 3 is 1.65 bits per heavy atom. The summed E-state index contributed by atoms with van der Waals surface area (Å²) in [4.78, 5) is 0. The van der Waals surface area contributed by atoms with E-state index in [1.165, 1.54) is 37.7 Å². The zero-order valence-electron chi connectivity index (χ0n) is 25.2. The molecule has 0 heterocycles. The van der Waals surface area contributed by atoms with Crippen molar-refractivity contribution in [2.45, 2.75) is 116 Å². The Labute approximate surface area is 231 Å². The monoisotopic (exact) mass is 570 g/mol. The Morgan fingerprint density at radius 2 is 1.19 bits per heavy atom. The highest BCUT2D eigenvalue weighted by molar-refractivity contribution is 7.87. The molecule has 1 aliphatic rings. The zero-order valence-corrected chi connectivity index (χ0v) is 29.2. The highest BCUT2D eigenvalue weighted by Crippen LogP contribution is 2.44. The summed E-state index contributed by atoms with van der Waals surface area (Å²) in [6, 6.07) is 21.0. The lowest BCUT2D eigenvalue weighted by Gasteiger charge is -2.58. The van der Waals surface area contributed by atoms with E-state index in [4.69, 9.17) is 4.43 Å². The van der Waals surface area contributed by atoms with Crippen LogP contribution >= 0.6 is 0 Å². The van der Waals surface area contributed by atoms with Gasteiger partial charge in [0.25, 0.3) is 0 Å². The van der Waals surface area contributed by atoms with Gasteiger partial charge < -0.3 is 9.53 Å². The van der Waals surface area contributed by atoms with Crippen molar-refractivity contribution in [2.24, 2.45) is 5.92 Å². The third kappa shape index (κ3) is 6.87. The summed E-state index contributed by atoms with van der Waals surface area (Å²) >= 11 is 0. The maximum atomic E-state index is 12.6. The third-order valence-electron chi connectivity index (χ3n) is 8.86. The maximum absolute atomic E-state index is 12.6. The molecule has 0 spiro atoms. The second kappa shape index (κ2) is 11.8. The van der Waals surface area contributed by atoms with Crippen LogP contribution < -0.4 is 0 Å². The molecule has 0 radical (unpaired) electrons. The lowest BCUT2D eigenvalue weighted by atomic mass is 9.77. The van der Waals surface area contributed by atoms with Crippen LogP contribution in [0.25, 0.3) is 0 Å². The fourth-order valence-electron chi connectivity index (χ4n) is 8.25. The molecular weight excluding hydrogens is 517 g/mol. The first-order chi connectivity index (χ1) is 17.1. The topological polar surface area (TPSA) is 29.5 Å².